The molecule has 0 spiro atoms. The molecule has 0 atom stereocenters. The molecule has 2 aromatic carbocycles. The average Bonchev–Trinajstić information content (AvgIpc) is 2.59. The Morgan fingerprint density at radius 3 is 1.73 bits per heavy atom. The number of nitrogens with zero attached hydrogens (tertiary/aromatic N) is 1. The van der Waals surface area contributed by atoms with E-state index in [2.05, 4.69) is 96.8 Å². The van der Waals surface area contributed by atoms with E-state index in [-0.39, 0.29) is 7.92 Å². The molecule has 0 aliphatic carbocycles. The fourth-order valence-corrected chi connectivity index (χ4v) is 4.92. The molecule has 0 saturated heterocycles. The maximum absolute atomic E-state index is 2.27. The summed E-state index contributed by atoms with van der Waals surface area (Å²) >= 11 is 0. The summed E-state index contributed by atoms with van der Waals surface area (Å²) in [6.45, 7) is 0. The number of pyridine rings is 1. The highest BCUT2D eigenvalue weighted by molar-refractivity contribution is 7.73. The van der Waals surface area contributed by atoms with Crippen molar-refractivity contribution in [1.82, 2.24) is 0 Å². The van der Waals surface area contributed by atoms with Crippen molar-refractivity contribution in [3.05, 3.63) is 90.8 Å². The van der Waals surface area contributed by atoms with Gasteiger partial charge in [-0.3, -0.25) is 0 Å². The number of hydrogen-bond donors (Lipinski definition) is 0. The minimum absolute atomic E-state index is 0.289. The van der Waals surface area contributed by atoms with E-state index in [1.165, 1.54) is 22.3 Å². The predicted octanol–water partition coefficient (Wildman–Crippen LogP) is 3.19. The first-order valence-corrected chi connectivity index (χ1v) is 9.17. The maximum Gasteiger partial charge on any atom is 0.168 e. The first kappa shape index (κ1) is 14.9. The van der Waals surface area contributed by atoms with Crippen LogP contribution in [0.2, 0.25) is 0 Å². The highest BCUT2D eigenvalue weighted by atomic mass is 31.1. The lowest BCUT2D eigenvalue weighted by atomic mass is 10.2. The van der Waals surface area contributed by atoms with Crippen LogP contribution in [0.5, 0.6) is 0 Å². The first-order chi connectivity index (χ1) is 10.8. The highest BCUT2D eigenvalue weighted by Gasteiger charge is 2.13. The van der Waals surface area contributed by atoms with Crippen LogP contribution in [0.3, 0.4) is 0 Å². The third-order valence-electron chi connectivity index (χ3n) is 3.81. The zero-order valence-corrected chi connectivity index (χ0v) is 13.8. The number of rotatable bonds is 5. The predicted molar refractivity (Wildman–Crippen MR) is 95.3 cm³/mol. The van der Waals surface area contributed by atoms with Gasteiger partial charge >= 0.3 is 0 Å². The van der Waals surface area contributed by atoms with Crippen LogP contribution in [0.15, 0.2) is 85.2 Å². The second kappa shape index (κ2) is 7.33. The molecular formula is C20H21NP+. The Morgan fingerprint density at radius 2 is 1.23 bits per heavy atom. The second-order valence-electron chi connectivity index (χ2n) is 5.44. The molecule has 0 unspecified atom stereocenters. The third-order valence-corrected chi connectivity index (χ3v) is 6.32. The average molecular weight is 306 g/mol. The van der Waals surface area contributed by atoms with Crippen LogP contribution in [0.25, 0.3) is 0 Å². The minimum atomic E-state index is -0.289. The zero-order chi connectivity index (χ0) is 15.2. The van der Waals surface area contributed by atoms with Gasteiger partial charge in [0, 0.05) is 12.1 Å². The smallest absolute Gasteiger partial charge is 0.168 e. The summed E-state index contributed by atoms with van der Waals surface area (Å²) in [5.74, 6) is 0. The molecule has 2 heteroatoms. The second-order valence-corrected chi connectivity index (χ2v) is 7.78. The molecule has 0 fully saturated rings. The summed E-state index contributed by atoms with van der Waals surface area (Å²) < 4.78 is 2.08. The van der Waals surface area contributed by atoms with E-state index in [4.69, 9.17) is 0 Å². The third kappa shape index (κ3) is 3.81. The molecule has 0 aliphatic heterocycles. The standard InChI is InChI=1S/C20H21NP/c1-21-15-12-18(13-16-21)14-17-22(19-8-4-2-5-9-19)20-10-6-3-7-11-20/h2-13,15-16H,14,17H2,1H3/q+1. The Morgan fingerprint density at radius 1 is 0.727 bits per heavy atom. The van der Waals surface area contributed by atoms with E-state index in [0.29, 0.717) is 0 Å². The Labute approximate surface area is 134 Å². The molecule has 110 valence electrons. The Hall–Kier alpha value is -1.98. The van der Waals surface area contributed by atoms with Crippen molar-refractivity contribution in [3.8, 4) is 0 Å². The summed E-state index contributed by atoms with van der Waals surface area (Å²) in [5.41, 5.74) is 1.41. The van der Waals surface area contributed by atoms with Crippen LogP contribution in [0, 0.1) is 0 Å². The van der Waals surface area contributed by atoms with Crippen molar-refractivity contribution >= 4 is 18.5 Å². The van der Waals surface area contributed by atoms with E-state index in [9.17, 15) is 0 Å². The Kier molecular flexibility index (Phi) is 4.98. The Bertz CT molecular complexity index is 653. The van der Waals surface area contributed by atoms with Crippen LogP contribution < -0.4 is 15.2 Å². The maximum atomic E-state index is 2.27. The van der Waals surface area contributed by atoms with E-state index in [1.807, 2.05) is 0 Å². The first-order valence-electron chi connectivity index (χ1n) is 7.65. The molecule has 0 aliphatic rings. The van der Waals surface area contributed by atoms with Gasteiger partial charge in [-0.25, -0.2) is 4.57 Å². The molecule has 0 N–H and O–H groups in total. The van der Waals surface area contributed by atoms with Crippen molar-refractivity contribution in [3.63, 3.8) is 0 Å². The Balaban J connectivity index is 1.81. The van der Waals surface area contributed by atoms with Gasteiger partial charge in [-0.05, 0) is 36.7 Å². The van der Waals surface area contributed by atoms with Crippen LogP contribution in [0.1, 0.15) is 5.56 Å². The molecule has 0 saturated carbocycles. The number of aromatic nitrogens is 1. The van der Waals surface area contributed by atoms with Crippen molar-refractivity contribution in [2.45, 2.75) is 6.42 Å². The van der Waals surface area contributed by atoms with Gasteiger partial charge in [0.2, 0.25) is 0 Å². The van der Waals surface area contributed by atoms with E-state index < -0.39 is 0 Å². The van der Waals surface area contributed by atoms with Gasteiger partial charge in [0.05, 0.1) is 0 Å². The summed E-state index contributed by atoms with van der Waals surface area (Å²) in [4.78, 5) is 0. The molecule has 0 bridgehead atoms. The highest BCUT2D eigenvalue weighted by Crippen LogP contribution is 2.34. The monoisotopic (exact) mass is 306 g/mol. The minimum Gasteiger partial charge on any atom is -0.208 e. The number of hydrogen-bond acceptors (Lipinski definition) is 0. The van der Waals surface area contributed by atoms with Gasteiger partial charge in [-0.2, -0.15) is 0 Å². The summed E-state index contributed by atoms with van der Waals surface area (Å²) in [7, 11) is 1.77. The quantitative estimate of drug-likeness (QED) is 0.503. The molecule has 22 heavy (non-hydrogen) atoms. The lowest BCUT2D eigenvalue weighted by molar-refractivity contribution is -0.671. The van der Waals surface area contributed by atoms with Gasteiger partial charge in [-0.1, -0.05) is 60.7 Å². The van der Waals surface area contributed by atoms with Gasteiger partial charge < -0.3 is 0 Å². The lowest BCUT2D eigenvalue weighted by Gasteiger charge is -2.18. The fraction of sp³-hybridized carbons (Fsp3) is 0.150. The van der Waals surface area contributed by atoms with Crippen molar-refractivity contribution < 1.29 is 4.57 Å². The molecule has 0 radical (unpaired) electrons. The van der Waals surface area contributed by atoms with Crippen molar-refractivity contribution in [2.75, 3.05) is 6.16 Å². The van der Waals surface area contributed by atoms with Crippen molar-refractivity contribution in [2.24, 2.45) is 7.05 Å². The lowest BCUT2D eigenvalue weighted by Crippen LogP contribution is -2.26. The van der Waals surface area contributed by atoms with Gasteiger partial charge in [0.15, 0.2) is 12.4 Å². The van der Waals surface area contributed by atoms with Crippen molar-refractivity contribution in [1.29, 1.82) is 0 Å². The molecule has 3 aromatic rings. The molecule has 1 heterocycles. The summed E-state index contributed by atoms with van der Waals surface area (Å²) in [5, 5.41) is 2.93. The van der Waals surface area contributed by atoms with Gasteiger partial charge in [0.1, 0.15) is 7.05 Å². The molecular weight excluding hydrogens is 285 g/mol. The molecule has 1 nitrogen and oxygen atoms in total. The normalized spacial score (nSPS) is 10.8. The topological polar surface area (TPSA) is 3.88 Å². The van der Waals surface area contributed by atoms with Crippen LogP contribution in [0.4, 0.5) is 0 Å². The SMILES string of the molecule is C[n+]1ccc(CCP(c2ccccc2)c2ccccc2)cc1. The van der Waals surface area contributed by atoms with E-state index in [0.717, 1.165) is 6.42 Å². The largest absolute Gasteiger partial charge is 0.208 e. The van der Waals surface area contributed by atoms with Gasteiger partial charge in [0.25, 0.3) is 0 Å². The summed E-state index contributed by atoms with van der Waals surface area (Å²) in [6, 6.07) is 26.3. The molecule has 3 rings (SSSR count). The summed E-state index contributed by atoms with van der Waals surface area (Å²) in [6.07, 6.45) is 6.57. The van der Waals surface area contributed by atoms with Crippen LogP contribution in [-0.2, 0) is 13.5 Å². The zero-order valence-electron chi connectivity index (χ0n) is 12.9. The number of aryl methyl sites for hydroxylation is 2. The van der Waals surface area contributed by atoms with E-state index >= 15 is 0 Å². The van der Waals surface area contributed by atoms with Gasteiger partial charge in [-0.15, -0.1) is 0 Å². The van der Waals surface area contributed by atoms with E-state index in [1.54, 1.807) is 0 Å². The fourth-order valence-electron chi connectivity index (χ4n) is 2.56. The number of benzene rings is 2. The van der Waals surface area contributed by atoms with Crippen LogP contribution >= 0.6 is 7.92 Å². The molecule has 1 aromatic heterocycles. The van der Waals surface area contributed by atoms with Crippen LogP contribution in [-0.4, -0.2) is 6.16 Å². The molecule has 0 amide bonds.